The molecule has 1 aliphatic carbocycles. The van der Waals surface area contributed by atoms with Gasteiger partial charge in [0, 0.05) is 29.3 Å². The Balaban J connectivity index is 1.42. The Bertz CT molecular complexity index is 681. The lowest BCUT2D eigenvalue weighted by Gasteiger charge is -2.28. The van der Waals surface area contributed by atoms with E-state index in [2.05, 4.69) is 28.4 Å². The van der Waals surface area contributed by atoms with Crippen LogP contribution in [0.15, 0.2) is 30.3 Å². The molecule has 2 aromatic rings. The number of hydrogen-bond acceptors (Lipinski definition) is 4. The van der Waals surface area contributed by atoms with Crippen LogP contribution in [0.2, 0.25) is 0 Å². The summed E-state index contributed by atoms with van der Waals surface area (Å²) in [6, 6.07) is 10.1. The molecule has 1 aromatic carbocycles. The van der Waals surface area contributed by atoms with Crippen LogP contribution in [0.3, 0.4) is 0 Å². The summed E-state index contributed by atoms with van der Waals surface area (Å²) in [5, 5.41) is 3.01. The van der Waals surface area contributed by atoms with Crippen LogP contribution in [-0.2, 0) is 17.6 Å². The topological polar surface area (TPSA) is 41.6 Å². The van der Waals surface area contributed by atoms with Gasteiger partial charge in [0.15, 0.2) is 0 Å². The van der Waals surface area contributed by atoms with Crippen molar-refractivity contribution in [1.82, 2.24) is 0 Å². The summed E-state index contributed by atoms with van der Waals surface area (Å²) in [6.45, 7) is 3.40. The number of carbonyl (C=O) groups excluding carboxylic acids is 1. The van der Waals surface area contributed by atoms with Gasteiger partial charge in [0.2, 0.25) is 0 Å². The van der Waals surface area contributed by atoms with E-state index in [0.29, 0.717) is 0 Å². The quantitative estimate of drug-likeness (QED) is 0.940. The second-order valence-corrected chi connectivity index (χ2v) is 7.15. The third kappa shape index (κ3) is 3.12. The molecule has 0 bridgehead atoms. The van der Waals surface area contributed by atoms with Gasteiger partial charge in [-0.1, -0.05) is 0 Å². The number of thiophene rings is 1. The minimum absolute atomic E-state index is 0.00326. The molecule has 4 nitrogen and oxygen atoms in total. The lowest BCUT2D eigenvalue weighted by molar-refractivity contribution is 0.103. The number of aryl methyl sites for hydroxylation is 2. The third-order valence-electron chi connectivity index (χ3n) is 4.47. The molecule has 0 spiro atoms. The van der Waals surface area contributed by atoms with Gasteiger partial charge in [-0.25, -0.2) is 0 Å². The molecule has 0 radical (unpaired) electrons. The maximum absolute atomic E-state index is 12.4. The number of morpholine rings is 1. The second kappa shape index (κ2) is 6.34. The van der Waals surface area contributed by atoms with E-state index >= 15 is 0 Å². The van der Waals surface area contributed by atoms with Crippen LogP contribution in [-0.4, -0.2) is 32.2 Å². The number of nitrogens with zero attached hydrogens (tertiary/aromatic N) is 1. The van der Waals surface area contributed by atoms with E-state index in [4.69, 9.17) is 4.74 Å². The molecule has 1 N–H and O–H groups in total. The van der Waals surface area contributed by atoms with E-state index in [9.17, 15) is 4.79 Å². The fourth-order valence-corrected chi connectivity index (χ4v) is 4.36. The van der Waals surface area contributed by atoms with Gasteiger partial charge >= 0.3 is 0 Å². The SMILES string of the molecule is O=C(Nc1ccc(N2CCOCC2)cc1)c1cc2c(s1)CCC2. The van der Waals surface area contributed by atoms with Crippen LogP contribution >= 0.6 is 11.3 Å². The van der Waals surface area contributed by atoms with Crippen LogP contribution in [0, 0.1) is 0 Å². The number of hydrogen-bond donors (Lipinski definition) is 1. The smallest absolute Gasteiger partial charge is 0.265 e. The van der Waals surface area contributed by atoms with Crippen molar-refractivity contribution in [1.29, 1.82) is 0 Å². The summed E-state index contributed by atoms with van der Waals surface area (Å²) in [5.74, 6) is 0.00326. The first kappa shape index (κ1) is 14.7. The zero-order valence-corrected chi connectivity index (χ0v) is 13.8. The zero-order valence-electron chi connectivity index (χ0n) is 13.0. The van der Waals surface area contributed by atoms with Crippen molar-refractivity contribution < 1.29 is 9.53 Å². The number of ether oxygens (including phenoxy) is 1. The van der Waals surface area contributed by atoms with E-state index in [1.54, 1.807) is 11.3 Å². The van der Waals surface area contributed by atoms with Gasteiger partial charge in [0.1, 0.15) is 0 Å². The Morgan fingerprint density at radius 2 is 1.91 bits per heavy atom. The van der Waals surface area contributed by atoms with Crippen LogP contribution in [0.25, 0.3) is 0 Å². The first-order chi connectivity index (χ1) is 11.3. The standard InChI is InChI=1S/C18H20N2O2S/c21-18(17-12-13-2-1-3-16(13)23-17)19-14-4-6-15(7-5-14)20-8-10-22-11-9-20/h4-7,12H,1-3,8-11H2,(H,19,21). The van der Waals surface area contributed by atoms with Gasteiger partial charge in [-0.05, 0) is 55.2 Å². The van der Waals surface area contributed by atoms with E-state index in [-0.39, 0.29) is 5.91 Å². The third-order valence-corrected chi connectivity index (χ3v) is 5.71. The van der Waals surface area contributed by atoms with E-state index in [0.717, 1.165) is 49.7 Å². The molecule has 0 saturated carbocycles. The number of nitrogens with one attached hydrogen (secondary N) is 1. The van der Waals surface area contributed by atoms with E-state index in [1.807, 2.05) is 12.1 Å². The fourth-order valence-electron chi connectivity index (χ4n) is 3.21. The lowest BCUT2D eigenvalue weighted by Crippen LogP contribution is -2.36. The zero-order chi connectivity index (χ0) is 15.6. The van der Waals surface area contributed by atoms with Crippen molar-refractivity contribution in [2.75, 3.05) is 36.5 Å². The molecule has 1 saturated heterocycles. The molecule has 1 aliphatic heterocycles. The van der Waals surface area contributed by atoms with Crippen LogP contribution < -0.4 is 10.2 Å². The molecule has 0 atom stereocenters. The van der Waals surface area contributed by atoms with Crippen molar-refractivity contribution in [3.8, 4) is 0 Å². The molecule has 1 amide bonds. The molecule has 23 heavy (non-hydrogen) atoms. The Morgan fingerprint density at radius 3 is 2.65 bits per heavy atom. The Kier molecular flexibility index (Phi) is 4.06. The van der Waals surface area contributed by atoms with Gasteiger partial charge in [0.25, 0.3) is 5.91 Å². The normalized spacial score (nSPS) is 17.1. The molecule has 0 unspecified atom stereocenters. The van der Waals surface area contributed by atoms with Gasteiger partial charge < -0.3 is 15.0 Å². The summed E-state index contributed by atoms with van der Waals surface area (Å²) in [6.07, 6.45) is 3.47. The number of rotatable bonds is 3. The molecular weight excluding hydrogens is 308 g/mol. The number of carbonyl (C=O) groups is 1. The van der Waals surface area contributed by atoms with Crippen molar-refractivity contribution in [2.45, 2.75) is 19.3 Å². The van der Waals surface area contributed by atoms with Crippen molar-refractivity contribution in [2.24, 2.45) is 0 Å². The summed E-state index contributed by atoms with van der Waals surface area (Å²) >= 11 is 1.64. The highest BCUT2D eigenvalue weighted by atomic mass is 32.1. The van der Waals surface area contributed by atoms with E-state index in [1.165, 1.54) is 22.5 Å². The average Bonchev–Trinajstić information content (AvgIpc) is 3.18. The fraction of sp³-hybridized carbons (Fsp3) is 0.389. The second-order valence-electron chi connectivity index (χ2n) is 6.01. The summed E-state index contributed by atoms with van der Waals surface area (Å²) in [4.78, 5) is 16.9. The van der Waals surface area contributed by atoms with Crippen molar-refractivity contribution >= 4 is 28.6 Å². The van der Waals surface area contributed by atoms with Crippen molar-refractivity contribution in [3.63, 3.8) is 0 Å². The minimum atomic E-state index is 0.00326. The molecular formula is C18H20N2O2S. The van der Waals surface area contributed by atoms with Gasteiger partial charge in [-0.3, -0.25) is 4.79 Å². The predicted molar refractivity (Wildman–Crippen MR) is 93.8 cm³/mol. The van der Waals surface area contributed by atoms with Gasteiger partial charge in [-0.2, -0.15) is 0 Å². The molecule has 5 heteroatoms. The summed E-state index contributed by atoms with van der Waals surface area (Å²) in [5.41, 5.74) is 3.39. The highest BCUT2D eigenvalue weighted by Gasteiger charge is 2.18. The lowest BCUT2D eigenvalue weighted by atomic mass is 10.2. The molecule has 1 fully saturated rings. The van der Waals surface area contributed by atoms with Crippen LogP contribution in [0.5, 0.6) is 0 Å². The minimum Gasteiger partial charge on any atom is -0.378 e. The largest absolute Gasteiger partial charge is 0.378 e. The predicted octanol–water partition coefficient (Wildman–Crippen LogP) is 3.33. The summed E-state index contributed by atoms with van der Waals surface area (Å²) in [7, 11) is 0. The molecule has 2 heterocycles. The van der Waals surface area contributed by atoms with E-state index < -0.39 is 0 Å². The molecule has 4 rings (SSSR count). The highest BCUT2D eigenvalue weighted by Crippen LogP contribution is 2.31. The number of benzene rings is 1. The molecule has 2 aliphatic rings. The molecule has 120 valence electrons. The molecule has 1 aromatic heterocycles. The number of anilines is 2. The van der Waals surface area contributed by atoms with Gasteiger partial charge in [0.05, 0.1) is 18.1 Å². The Morgan fingerprint density at radius 1 is 1.13 bits per heavy atom. The first-order valence-electron chi connectivity index (χ1n) is 8.15. The Labute approximate surface area is 140 Å². The van der Waals surface area contributed by atoms with Gasteiger partial charge in [-0.15, -0.1) is 11.3 Å². The number of fused-ring (bicyclic) bond motifs is 1. The Hall–Kier alpha value is -1.85. The first-order valence-corrected chi connectivity index (χ1v) is 8.97. The van der Waals surface area contributed by atoms with Crippen LogP contribution in [0.1, 0.15) is 26.5 Å². The monoisotopic (exact) mass is 328 g/mol. The maximum Gasteiger partial charge on any atom is 0.265 e. The van der Waals surface area contributed by atoms with Crippen LogP contribution in [0.4, 0.5) is 11.4 Å². The average molecular weight is 328 g/mol. The number of amides is 1. The van der Waals surface area contributed by atoms with Crippen molar-refractivity contribution in [3.05, 3.63) is 45.6 Å². The highest BCUT2D eigenvalue weighted by molar-refractivity contribution is 7.14. The summed E-state index contributed by atoms with van der Waals surface area (Å²) < 4.78 is 5.37. The maximum atomic E-state index is 12.4.